The Morgan fingerprint density at radius 2 is 2.03 bits per heavy atom. The largest absolute Gasteiger partial charge is 0.393 e. The Balaban J connectivity index is 1.78. The van der Waals surface area contributed by atoms with Crippen molar-refractivity contribution in [3.63, 3.8) is 0 Å². The maximum atomic E-state index is 15.9. The molecule has 168 valence electrons. The average molecular weight is 429 g/mol. The molecular weight excluding hydrogens is 395 g/mol. The Kier molecular flexibility index (Phi) is 5.81. The quantitative estimate of drug-likeness (QED) is 0.673. The van der Waals surface area contributed by atoms with Crippen molar-refractivity contribution in [1.29, 1.82) is 0 Å². The predicted molar refractivity (Wildman–Crippen MR) is 119 cm³/mol. The van der Waals surface area contributed by atoms with Crippen molar-refractivity contribution in [2.24, 2.45) is 11.1 Å². The lowest BCUT2D eigenvalue weighted by atomic mass is 9.76. The van der Waals surface area contributed by atoms with E-state index in [9.17, 15) is 9.90 Å². The number of hydrogen-bond acceptors (Lipinski definition) is 4. The number of nitrogens with zero attached hydrogens (tertiary/aromatic N) is 2. The number of fused-ring (bicyclic) bond motifs is 1. The standard InChI is InChI=1S/C24H33FN4O2/c1-4-18-16-11-12-24(2,3)13-20(16)29(28-18)19-10-9-17(23(26)31)22(21(19)25)27-14-5-7-15(30)8-6-14/h9-10,14-15,27,30H,4-8,11-13H2,1-3H3,(H2,26,31)/t14-,15-. The fraction of sp³-hybridized carbons (Fsp3) is 0.583. The second-order valence-electron chi connectivity index (χ2n) is 9.81. The summed E-state index contributed by atoms with van der Waals surface area (Å²) >= 11 is 0. The van der Waals surface area contributed by atoms with Gasteiger partial charge in [-0.25, -0.2) is 9.07 Å². The first-order chi connectivity index (χ1) is 14.7. The summed E-state index contributed by atoms with van der Waals surface area (Å²) in [6, 6.07) is 3.19. The molecule has 1 heterocycles. The molecule has 1 saturated carbocycles. The van der Waals surface area contributed by atoms with Gasteiger partial charge >= 0.3 is 0 Å². The first-order valence-corrected chi connectivity index (χ1v) is 11.4. The molecule has 0 saturated heterocycles. The van der Waals surface area contributed by atoms with E-state index in [-0.39, 0.29) is 28.8 Å². The molecule has 31 heavy (non-hydrogen) atoms. The van der Waals surface area contributed by atoms with Crippen LogP contribution in [-0.4, -0.2) is 32.9 Å². The van der Waals surface area contributed by atoms with Gasteiger partial charge in [-0.3, -0.25) is 4.79 Å². The second-order valence-corrected chi connectivity index (χ2v) is 9.81. The number of aliphatic hydroxyl groups excluding tert-OH is 1. The molecule has 2 aromatic rings. The number of anilines is 1. The molecular formula is C24H33FN4O2. The highest BCUT2D eigenvalue weighted by atomic mass is 19.1. The third-order valence-corrected chi connectivity index (χ3v) is 6.87. The molecule has 2 aliphatic carbocycles. The number of benzene rings is 1. The SMILES string of the molecule is CCc1nn(-c2ccc(C(N)=O)c(N[C@H]3CC[C@H](O)CC3)c2F)c2c1CCC(C)(C)C2. The lowest BCUT2D eigenvalue weighted by Crippen LogP contribution is -2.30. The number of hydrogen-bond donors (Lipinski definition) is 3. The van der Waals surface area contributed by atoms with Crippen LogP contribution in [0.15, 0.2) is 12.1 Å². The number of nitrogens with one attached hydrogen (secondary N) is 1. The molecule has 0 bridgehead atoms. The van der Waals surface area contributed by atoms with Gasteiger partial charge in [0.25, 0.3) is 5.91 Å². The predicted octanol–water partition coefficient (Wildman–Crippen LogP) is 3.90. The molecule has 1 fully saturated rings. The van der Waals surface area contributed by atoms with E-state index in [1.165, 1.54) is 5.56 Å². The number of aryl methyl sites for hydroxylation is 1. The second kappa shape index (κ2) is 8.26. The summed E-state index contributed by atoms with van der Waals surface area (Å²) in [5.74, 6) is -1.17. The van der Waals surface area contributed by atoms with E-state index < -0.39 is 11.7 Å². The summed E-state index contributed by atoms with van der Waals surface area (Å²) in [4.78, 5) is 12.0. The van der Waals surface area contributed by atoms with Gasteiger partial charge < -0.3 is 16.2 Å². The Hall–Kier alpha value is -2.41. The number of halogens is 1. The zero-order chi connectivity index (χ0) is 22.3. The van der Waals surface area contributed by atoms with Crippen molar-refractivity contribution < 1.29 is 14.3 Å². The van der Waals surface area contributed by atoms with E-state index in [4.69, 9.17) is 10.8 Å². The molecule has 4 N–H and O–H groups in total. The number of aromatic nitrogens is 2. The normalized spacial score (nSPS) is 22.7. The van der Waals surface area contributed by atoms with Crippen LogP contribution >= 0.6 is 0 Å². The van der Waals surface area contributed by atoms with E-state index >= 15 is 4.39 Å². The topological polar surface area (TPSA) is 93.2 Å². The third-order valence-electron chi connectivity index (χ3n) is 6.87. The van der Waals surface area contributed by atoms with Crippen LogP contribution in [0.25, 0.3) is 5.69 Å². The Morgan fingerprint density at radius 1 is 1.32 bits per heavy atom. The summed E-state index contributed by atoms with van der Waals surface area (Å²) in [5.41, 5.74) is 9.63. The molecule has 6 nitrogen and oxygen atoms in total. The monoisotopic (exact) mass is 428 g/mol. The van der Waals surface area contributed by atoms with Crippen molar-refractivity contribution in [2.45, 2.75) is 84.3 Å². The van der Waals surface area contributed by atoms with Gasteiger partial charge in [-0.05, 0) is 74.5 Å². The van der Waals surface area contributed by atoms with Gasteiger partial charge in [0.05, 0.1) is 23.0 Å². The van der Waals surface area contributed by atoms with E-state index in [0.717, 1.165) is 37.1 Å². The molecule has 4 rings (SSSR count). The molecule has 7 heteroatoms. The van der Waals surface area contributed by atoms with E-state index in [1.807, 2.05) is 0 Å². The summed E-state index contributed by atoms with van der Waals surface area (Å²) in [5, 5.41) is 17.8. The van der Waals surface area contributed by atoms with Gasteiger partial charge in [-0.15, -0.1) is 0 Å². The number of nitrogens with two attached hydrogens (primary N) is 1. The number of amides is 1. The number of carbonyl (C=O) groups is 1. The van der Waals surface area contributed by atoms with Crippen LogP contribution in [0.1, 0.15) is 80.2 Å². The molecule has 1 amide bonds. The number of rotatable bonds is 5. The lowest BCUT2D eigenvalue weighted by Gasteiger charge is -2.30. The van der Waals surface area contributed by atoms with Crippen molar-refractivity contribution in [3.8, 4) is 5.69 Å². The van der Waals surface area contributed by atoms with Crippen molar-refractivity contribution in [3.05, 3.63) is 40.5 Å². The minimum Gasteiger partial charge on any atom is -0.393 e. The van der Waals surface area contributed by atoms with E-state index in [1.54, 1.807) is 16.8 Å². The molecule has 1 aromatic carbocycles. The van der Waals surface area contributed by atoms with Crippen molar-refractivity contribution in [1.82, 2.24) is 9.78 Å². The molecule has 1 aromatic heterocycles. The van der Waals surface area contributed by atoms with E-state index in [0.29, 0.717) is 31.4 Å². The zero-order valence-corrected chi connectivity index (χ0v) is 18.7. The third kappa shape index (κ3) is 4.20. The number of carbonyl (C=O) groups excluding carboxylic acids is 1. The minimum absolute atomic E-state index is 0.0112. The smallest absolute Gasteiger partial charge is 0.250 e. The molecule has 2 aliphatic rings. The summed E-state index contributed by atoms with van der Waals surface area (Å²) < 4.78 is 17.6. The highest BCUT2D eigenvalue weighted by Crippen LogP contribution is 2.38. The average Bonchev–Trinajstić information content (AvgIpc) is 3.07. The van der Waals surface area contributed by atoms with E-state index in [2.05, 4.69) is 26.1 Å². The number of primary amides is 1. The van der Waals surface area contributed by atoms with Crippen LogP contribution in [0, 0.1) is 11.2 Å². The van der Waals surface area contributed by atoms with Gasteiger partial charge in [-0.2, -0.15) is 5.10 Å². The molecule has 0 unspecified atom stereocenters. The lowest BCUT2D eigenvalue weighted by molar-refractivity contribution is 0.1000. The van der Waals surface area contributed by atoms with Crippen LogP contribution in [0.2, 0.25) is 0 Å². The van der Waals surface area contributed by atoms with Gasteiger partial charge in [0, 0.05) is 11.7 Å². The molecule has 0 radical (unpaired) electrons. The van der Waals surface area contributed by atoms with Crippen LogP contribution in [-0.2, 0) is 19.3 Å². The fourth-order valence-electron chi connectivity index (χ4n) is 4.99. The first-order valence-electron chi connectivity index (χ1n) is 11.4. The van der Waals surface area contributed by atoms with Crippen LogP contribution in [0.3, 0.4) is 0 Å². The summed E-state index contributed by atoms with van der Waals surface area (Å²) in [7, 11) is 0. The number of aliphatic hydroxyl groups is 1. The van der Waals surface area contributed by atoms with Gasteiger partial charge in [0.15, 0.2) is 5.82 Å². The van der Waals surface area contributed by atoms with Crippen LogP contribution in [0.5, 0.6) is 0 Å². The highest BCUT2D eigenvalue weighted by Gasteiger charge is 2.32. The Morgan fingerprint density at radius 3 is 2.68 bits per heavy atom. The molecule has 0 aliphatic heterocycles. The minimum atomic E-state index is -0.665. The maximum absolute atomic E-state index is 15.9. The van der Waals surface area contributed by atoms with Gasteiger partial charge in [-0.1, -0.05) is 20.8 Å². The Bertz CT molecular complexity index is 990. The van der Waals surface area contributed by atoms with Crippen LogP contribution in [0.4, 0.5) is 10.1 Å². The van der Waals surface area contributed by atoms with Gasteiger partial charge in [0.1, 0.15) is 5.69 Å². The molecule has 0 spiro atoms. The van der Waals surface area contributed by atoms with Crippen molar-refractivity contribution >= 4 is 11.6 Å². The summed E-state index contributed by atoms with van der Waals surface area (Å²) in [6.45, 7) is 6.54. The fourth-order valence-corrected chi connectivity index (χ4v) is 4.99. The first kappa shape index (κ1) is 21.8. The molecule has 0 atom stereocenters. The highest BCUT2D eigenvalue weighted by molar-refractivity contribution is 5.99. The van der Waals surface area contributed by atoms with Crippen LogP contribution < -0.4 is 11.1 Å². The summed E-state index contributed by atoms with van der Waals surface area (Å²) in [6.07, 6.45) is 6.10. The zero-order valence-electron chi connectivity index (χ0n) is 18.7. The van der Waals surface area contributed by atoms with Crippen molar-refractivity contribution in [2.75, 3.05) is 5.32 Å². The maximum Gasteiger partial charge on any atom is 0.250 e. The van der Waals surface area contributed by atoms with Gasteiger partial charge in [0.2, 0.25) is 0 Å². The Labute approximate surface area is 183 Å².